The zero-order valence-corrected chi connectivity index (χ0v) is 9.81. The molecular weight excluding hydrogens is 184 g/mol. The second kappa shape index (κ2) is 9.17. The summed E-state index contributed by atoms with van der Waals surface area (Å²) in [6, 6.07) is 0.802. The zero-order valence-electron chi connectivity index (χ0n) is 9.81. The molecule has 0 bridgehead atoms. The van der Waals surface area contributed by atoms with Crippen LogP contribution in [0.3, 0.4) is 0 Å². The molecule has 0 amide bonds. The van der Waals surface area contributed by atoms with Gasteiger partial charge in [-0.15, -0.1) is 0 Å². The molecule has 0 saturated heterocycles. The van der Waals surface area contributed by atoms with E-state index in [-0.39, 0.29) is 7.43 Å². The largest absolute Gasteiger partial charge is 0.316 e. The number of rotatable bonds is 6. The highest BCUT2D eigenvalue weighted by molar-refractivity contribution is 4.76. The lowest BCUT2D eigenvalue weighted by atomic mass is 9.84. The molecule has 1 saturated carbocycles. The van der Waals surface area contributed by atoms with E-state index < -0.39 is 0 Å². The Morgan fingerprint density at radius 2 is 1.67 bits per heavy atom. The van der Waals surface area contributed by atoms with Crippen molar-refractivity contribution in [3.63, 3.8) is 0 Å². The lowest BCUT2D eigenvalue weighted by Crippen LogP contribution is -2.37. The molecular formula is C13H30N2. The molecule has 0 aromatic rings. The Kier molecular flexibility index (Phi) is 9.12. The molecule has 15 heavy (non-hydrogen) atoms. The van der Waals surface area contributed by atoms with Crippen molar-refractivity contribution >= 4 is 0 Å². The van der Waals surface area contributed by atoms with E-state index in [0.717, 1.165) is 31.6 Å². The lowest BCUT2D eigenvalue weighted by molar-refractivity contribution is 0.286. The summed E-state index contributed by atoms with van der Waals surface area (Å²) >= 11 is 0. The van der Waals surface area contributed by atoms with E-state index in [1.807, 2.05) is 0 Å². The summed E-state index contributed by atoms with van der Waals surface area (Å²) in [6.07, 6.45) is 7.05. The molecule has 0 aromatic heterocycles. The maximum absolute atomic E-state index is 3.64. The Balaban J connectivity index is 0.00000196. The second-order valence-corrected chi connectivity index (χ2v) is 4.43. The summed E-state index contributed by atoms with van der Waals surface area (Å²) in [6.45, 7) is 7.82. The van der Waals surface area contributed by atoms with Crippen molar-refractivity contribution in [2.24, 2.45) is 5.92 Å². The van der Waals surface area contributed by atoms with Crippen LogP contribution in [0.15, 0.2) is 0 Å². The first kappa shape index (κ1) is 14.9. The van der Waals surface area contributed by atoms with E-state index in [0.29, 0.717) is 0 Å². The maximum Gasteiger partial charge on any atom is 0.00793 e. The van der Waals surface area contributed by atoms with Crippen LogP contribution in [0, 0.1) is 5.92 Å². The first-order valence-electron chi connectivity index (χ1n) is 6.30. The highest BCUT2D eigenvalue weighted by Crippen LogP contribution is 2.26. The average Bonchev–Trinajstić information content (AvgIpc) is 2.25. The van der Waals surface area contributed by atoms with Gasteiger partial charge < -0.3 is 10.6 Å². The third-order valence-electron chi connectivity index (χ3n) is 3.41. The first-order chi connectivity index (χ1) is 6.86. The minimum Gasteiger partial charge on any atom is -0.316 e. The number of hydrogen-bond acceptors (Lipinski definition) is 2. The predicted octanol–water partition coefficient (Wildman–Crippen LogP) is 2.79. The number of hydrogen-bond donors (Lipinski definition) is 2. The van der Waals surface area contributed by atoms with Gasteiger partial charge in [0.15, 0.2) is 0 Å². The van der Waals surface area contributed by atoms with Crippen LogP contribution in [0.2, 0.25) is 0 Å². The molecule has 1 rings (SSSR count). The van der Waals surface area contributed by atoms with Crippen LogP contribution in [0.5, 0.6) is 0 Å². The van der Waals surface area contributed by atoms with Crippen LogP contribution in [-0.4, -0.2) is 25.7 Å². The fourth-order valence-electron chi connectivity index (χ4n) is 2.32. The SMILES string of the molecule is C.CCNCCNC1CCC(CC)CC1. The maximum atomic E-state index is 3.64. The zero-order chi connectivity index (χ0) is 10.2. The lowest BCUT2D eigenvalue weighted by Gasteiger charge is -2.28. The van der Waals surface area contributed by atoms with Gasteiger partial charge in [0.05, 0.1) is 0 Å². The molecule has 1 fully saturated rings. The Morgan fingerprint density at radius 1 is 1.00 bits per heavy atom. The minimum absolute atomic E-state index is 0. The molecule has 0 spiro atoms. The normalized spacial score (nSPS) is 26.0. The van der Waals surface area contributed by atoms with Gasteiger partial charge in [0.2, 0.25) is 0 Å². The van der Waals surface area contributed by atoms with Gasteiger partial charge in [-0.2, -0.15) is 0 Å². The van der Waals surface area contributed by atoms with E-state index in [4.69, 9.17) is 0 Å². The van der Waals surface area contributed by atoms with Crippen molar-refractivity contribution in [2.45, 2.75) is 59.4 Å². The van der Waals surface area contributed by atoms with Gasteiger partial charge in [-0.25, -0.2) is 0 Å². The highest BCUT2D eigenvalue weighted by atomic mass is 15.0. The standard InChI is InChI=1S/C12H26N2.CH4/c1-3-11-5-7-12(8-6-11)14-10-9-13-4-2;/h11-14H,3-10H2,1-2H3;1H4. The van der Waals surface area contributed by atoms with Crippen molar-refractivity contribution in [2.75, 3.05) is 19.6 Å². The van der Waals surface area contributed by atoms with E-state index in [9.17, 15) is 0 Å². The number of likely N-dealkylation sites (N-methyl/N-ethyl adjacent to an activating group) is 1. The van der Waals surface area contributed by atoms with Gasteiger partial charge >= 0.3 is 0 Å². The molecule has 92 valence electrons. The van der Waals surface area contributed by atoms with Crippen molar-refractivity contribution in [3.05, 3.63) is 0 Å². The van der Waals surface area contributed by atoms with Crippen LogP contribution in [0.25, 0.3) is 0 Å². The fraction of sp³-hybridized carbons (Fsp3) is 1.00. The first-order valence-corrected chi connectivity index (χ1v) is 6.30. The van der Waals surface area contributed by atoms with E-state index in [2.05, 4.69) is 24.5 Å². The van der Waals surface area contributed by atoms with E-state index in [1.165, 1.54) is 32.1 Å². The van der Waals surface area contributed by atoms with E-state index in [1.54, 1.807) is 0 Å². The predicted molar refractivity (Wildman–Crippen MR) is 69.3 cm³/mol. The molecule has 1 aliphatic carbocycles. The number of nitrogens with one attached hydrogen (secondary N) is 2. The van der Waals surface area contributed by atoms with Gasteiger partial charge in [-0.05, 0) is 38.1 Å². The Labute approximate surface area is 96.2 Å². The van der Waals surface area contributed by atoms with E-state index >= 15 is 0 Å². The van der Waals surface area contributed by atoms with Crippen LogP contribution >= 0.6 is 0 Å². The summed E-state index contributed by atoms with van der Waals surface area (Å²) in [7, 11) is 0. The smallest absolute Gasteiger partial charge is 0.00793 e. The van der Waals surface area contributed by atoms with Gasteiger partial charge in [0.1, 0.15) is 0 Å². The minimum atomic E-state index is 0. The molecule has 1 aliphatic rings. The van der Waals surface area contributed by atoms with Crippen molar-refractivity contribution < 1.29 is 0 Å². The van der Waals surface area contributed by atoms with Crippen molar-refractivity contribution in [3.8, 4) is 0 Å². The molecule has 2 heteroatoms. The van der Waals surface area contributed by atoms with Gasteiger partial charge in [0, 0.05) is 19.1 Å². The highest BCUT2D eigenvalue weighted by Gasteiger charge is 2.18. The molecule has 0 heterocycles. The van der Waals surface area contributed by atoms with Crippen molar-refractivity contribution in [1.82, 2.24) is 10.6 Å². The third-order valence-corrected chi connectivity index (χ3v) is 3.41. The van der Waals surface area contributed by atoms with Crippen LogP contribution in [0.1, 0.15) is 53.4 Å². The molecule has 2 N–H and O–H groups in total. The van der Waals surface area contributed by atoms with Crippen LogP contribution in [0.4, 0.5) is 0 Å². The summed E-state index contributed by atoms with van der Waals surface area (Å²) in [5.41, 5.74) is 0. The molecule has 0 aliphatic heterocycles. The third kappa shape index (κ3) is 6.16. The molecule has 0 aromatic carbocycles. The Morgan fingerprint density at radius 3 is 2.20 bits per heavy atom. The van der Waals surface area contributed by atoms with Crippen LogP contribution < -0.4 is 10.6 Å². The topological polar surface area (TPSA) is 24.1 Å². The molecule has 0 atom stereocenters. The fourth-order valence-corrected chi connectivity index (χ4v) is 2.32. The van der Waals surface area contributed by atoms with Crippen LogP contribution in [-0.2, 0) is 0 Å². The summed E-state index contributed by atoms with van der Waals surface area (Å²) in [4.78, 5) is 0. The molecule has 2 nitrogen and oxygen atoms in total. The summed E-state index contributed by atoms with van der Waals surface area (Å²) < 4.78 is 0. The summed E-state index contributed by atoms with van der Waals surface area (Å²) in [5.74, 6) is 1.02. The van der Waals surface area contributed by atoms with Gasteiger partial charge in [-0.1, -0.05) is 27.7 Å². The average molecular weight is 214 g/mol. The van der Waals surface area contributed by atoms with Crippen molar-refractivity contribution in [1.29, 1.82) is 0 Å². The quantitative estimate of drug-likeness (QED) is 0.664. The Bertz CT molecular complexity index is 128. The van der Waals surface area contributed by atoms with Gasteiger partial charge in [-0.3, -0.25) is 0 Å². The molecule has 0 radical (unpaired) electrons. The monoisotopic (exact) mass is 214 g/mol. The summed E-state index contributed by atoms with van der Waals surface area (Å²) in [5, 5.41) is 6.98. The Hall–Kier alpha value is -0.0800. The molecule has 0 unspecified atom stereocenters. The van der Waals surface area contributed by atoms with Gasteiger partial charge in [0.25, 0.3) is 0 Å². The second-order valence-electron chi connectivity index (χ2n) is 4.43.